The number of nitrogens with one attached hydrogen (secondary N) is 2. The van der Waals surface area contributed by atoms with Crippen molar-refractivity contribution >= 4 is 28.9 Å². The molecule has 0 aromatic carbocycles. The fraction of sp³-hybridized carbons (Fsp3) is 0.333. The molecule has 0 fully saturated rings. The SMILES string of the molecule is CCNC(=O)CNc1nccnc1C(N)=S. The topological polar surface area (TPSA) is 92.9 Å². The first-order chi connectivity index (χ1) is 7.65. The first-order valence-electron chi connectivity index (χ1n) is 4.76. The Labute approximate surface area is 98.7 Å². The Morgan fingerprint density at radius 3 is 2.81 bits per heavy atom. The molecule has 7 heteroatoms. The van der Waals surface area contributed by atoms with Crippen LogP contribution in [0, 0.1) is 0 Å². The van der Waals surface area contributed by atoms with Crippen molar-refractivity contribution in [2.24, 2.45) is 5.73 Å². The fourth-order valence-corrected chi connectivity index (χ4v) is 1.22. The van der Waals surface area contributed by atoms with E-state index in [1.165, 1.54) is 12.4 Å². The first kappa shape index (κ1) is 12.3. The predicted molar refractivity (Wildman–Crippen MR) is 65.1 cm³/mol. The smallest absolute Gasteiger partial charge is 0.239 e. The molecule has 4 N–H and O–H groups in total. The molecule has 1 aromatic rings. The van der Waals surface area contributed by atoms with Crippen LogP contribution >= 0.6 is 12.2 Å². The van der Waals surface area contributed by atoms with Crippen molar-refractivity contribution in [3.63, 3.8) is 0 Å². The number of amides is 1. The predicted octanol–water partition coefficient (Wildman–Crippen LogP) is -0.341. The lowest BCUT2D eigenvalue weighted by Gasteiger charge is -2.08. The molecule has 0 atom stereocenters. The number of hydrogen-bond donors (Lipinski definition) is 3. The Balaban J connectivity index is 2.66. The van der Waals surface area contributed by atoms with Crippen LogP contribution in [0.4, 0.5) is 5.82 Å². The molecule has 1 rings (SSSR count). The number of rotatable bonds is 5. The molecular weight excluding hydrogens is 226 g/mol. The van der Waals surface area contributed by atoms with Crippen LogP contribution in [0.1, 0.15) is 12.6 Å². The number of thiocarbonyl (C=S) groups is 1. The summed E-state index contributed by atoms with van der Waals surface area (Å²) in [5, 5.41) is 5.48. The Morgan fingerprint density at radius 1 is 1.50 bits per heavy atom. The molecule has 0 unspecified atom stereocenters. The third kappa shape index (κ3) is 3.43. The van der Waals surface area contributed by atoms with Crippen molar-refractivity contribution in [3.8, 4) is 0 Å². The van der Waals surface area contributed by atoms with Gasteiger partial charge in [-0.25, -0.2) is 9.97 Å². The monoisotopic (exact) mass is 239 g/mol. The van der Waals surface area contributed by atoms with Crippen LogP contribution in [-0.2, 0) is 4.79 Å². The van der Waals surface area contributed by atoms with E-state index in [1.54, 1.807) is 0 Å². The van der Waals surface area contributed by atoms with Crippen molar-refractivity contribution in [1.29, 1.82) is 0 Å². The van der Waals surface area contributed by atoms with Gasteiger partial charge in [0.2, 0.25) is 5.91 Å². The summed E-state index contributed by atoms with van der Waals surface area (Å²) >= 11 is 4.82. The highest BCUT2D eigenvalue weighted by atomic mass is 32.1. The van der Waals surface area contributed by atoms with E-state index in [2.05, 4.69) is 20.6 Å². The third-order valence-electron chi connectivity index (χ3n) is 1.72. The van der Waals surface area contributed by atoms with Crippen LogP contribution in [0.3, 0.4) is 0 Å². The van der Waals surface area contributed by atoms with E-state index >= 15 is 0 Å². The van der Waals surface area contributed by atoms with E-state index in [1.807, 2.05) is 6.92 Å². The molecule has 1 aromatic heterocycles. The highest BCUT2D eigenvalue weighted by molar-refractivity contribution is 7.80. The number of carbonyl (C=O) groups is 1. The van der Waals surface area contributed by atoms with E-state index in [9.17, 15) is 4.79 Å². The molecular formula is C9H13N5OS. The van der Waals surface area contributed by atoms with Gasteiger partial charge in [0.05, 0.1) is 6.54 Å². The summed E-state index contributed by atoms with van der Waals surface area (Å²) in [7, 11) is 0. The van der Waals surface area contributed by atoms with Crippen LogP contribution in [0.5, 0.6) is 0 Å². The molecule has 0 saturated heterocycles. The summed E-state index contributed by atoms with van der Waals surface area (Å²) in [5.74, 6) is 0.295. The summed E-state index contributed by atoms with van der Waals surface area (Å²) in [4.78, 5) is 19.3. The van der Waals surface area contributed by atoms with Crippen molar-refractivity contribution in [3.05, 3.63) is 18.1 Å². The van der Waals surface area contributed by atoms with Gasteiger partial charge in [-0.15, -0.1) is 0 Å². The Morgan fingerprint density at radius 2 is 2.19 bits per heavy atom. The van der Waals surface area contributed by atoms with Gasteiger partial charge in [-0.3, -0.25) is 4.79 Å². The van der Waals surface area contributed by atoms with E-state index < -0.39 is 0 Å². The summed E-state index contributed by atoms with van der Waals surface area (Å²) < 4.78 is 0. The Bertz CT molecular complexity index is 395. The van der Waals surface area contributed by atoms with Gasteiger partial charge in [0.15, 0.2) is 5.82 Å². The maximum Gasteiger partial charge on any atom is 0.239 e. The van der Waals surface area contributed by atoms with Crippen LogP contribution in [0.2, 0.25) is 0 Å². The van der Waals surface area contributed by atoms with Gasteiger partial charge in [0.1, 0.15) is 10.7 Å². The number of aromatic nitrogens is 2. The Hall–Kier alpha value is -1.76. The molecule has 0 aliphatic carbocycles. The van der Waals surface area contributed by atoms with Crippen molar-refractivity contribution in [2.45, 2.75) is 6.92 Å². The fourth-order valence-electron chi connectivity index (χ4n) is 1.07. The maximum atomic E-state index is 11.2. The van der Waals surface area contributed by atoms with Crippen LogP contribution in [0.25, 0.3) is 0 Å². The lowest BCUT2D eigenvalue weighted by Crippen LogP contribution is -2.30. The second-order valence-electron chi connectivity index (χ2n) is 2.92. The zero-order valence-corrected chi connectivity index (χ0v) is 9.67. The normalized spacial score (nSPS) is 9.56. The summed E-state index contributed by atoms with van der Waals surface area (Å²) in [6.45, 7) is 2.55. The zero-order valence-electron chi connectivity index (χ0n) is 8.86. The minimum absolute atomic E-state index is 0.113. The molecule has 0 aliphatic rings. The van der Waals surface area contributed by atoms with E-state index in [-0.39, 0.29) is 17.4 Å². The average molecular weight is 239 g/mol. The second-order valence-corrected chi connectivity index (χ2v) is 3.36. The van der Waals surface area contributed by atoms with Crippen molar-refractivity contribution < 1.29 is 4.79 Å². The Kier molecular flexibility index (Phi) is 4.59. The number of anilines is 1. The molecule has 6 nitrogen and oxygen atoms in total. The van der Waals surface area contributed by atoms with Crippen LogP contribution < -0.4 is 16.4 Å². The molecule has 86 valence electrons. The lowest BCUT2D eigenvalue weighted by molar-refractivity contribution is -0.119. The number of carbonyl (C=O) groups excluding carboxylic acids is 1. The molecule has 0 radical (unpaired) electrons. The summed E-state index contributed by atoms with van der Waals surface area (Å²) in [5.41, 5.74) is 5.86. The van der Waals surface area contributed by atoms with Gasteiger partial charge in [-0.2, -0.15) is 0 Å². The van der Waals surface area contributed by atoms with Crippen LogP contribution in [0.15, 0.2) is 12.4 Å². The van der Waals surface area contributed by atoms with E-state index in [0.717, 1.165) is 0 Å². The number of likely N-dealkylation sites (N-methyl/N-ethyl adjacent to an activating group) is 1. The number of nitrogens with zero attached hydrogens (tertiary/aromatic N) is 2. The molecule has 16 heavy (non-hydrogen) atoms. The number of nitrogens with two attached hydrogens (primary N) is 1. The first-order valence-corrected chi connectivity index (χ1v) is 5.17. The molecule has 0 aliphatic heterocycles. The van der Waals surface area contributed by atoms with Crippen molar-refractivity contribution in [2.75, 3.05) is 18.4 Å². The zero-order chi connectivity index (χ0) is 12.0. The van der Waals surface area contributed by atoms with Gasteiger partial charge in [0.25, 0.3) is 0 Å². The van der Waals surface area contributed by atoms with Gasteiger partial charge < -0.3 is 16.4 Å². The van der Waals surface area contributed by atoms with Gasteiger partial charge >= 0.3 is 0 Å². The van der Waals surface area contributed by atoms with E-state index in [4.69, 9.17) is 18.0 Å². The largest absolute Gasteiger partial charge is 0.388 e. The van der Waals surface area contributed by atoms with E-state index in [0.29, 0.717) is 18.1 Å². The standard InChI is InChI=1S/C9H13N5OS/c1-2-11-6(15)5-14-9-7(8(10)16)12-3-4-13-9/h3-4H,2,5H2,1H3,(H2,10,16)(H,11,15)(H,13,14). The highest BCUT2D eigenvalue weighted by Crippen LogP contribution is 2.06. The van der Waals surface area contributed by atoms with Gasteiger partial charge in [-0.1, -0.05) is 12.2 Å². The lowest BCUT2D eigenvalue weighted by atomic mass is 10.4. The molecule has 1 amide bonds. The summed E-state index contributed by atoms with van der Waals surface area (Å²) in [6, 6.07) is 0. The number of hydrogen-bond acceptors (Lipinski definition) is 5. The van der Waals surface area contributed by atoms with Gasteiger partial charge in [-0.05, 0) is 6.92 Å². The molecule has 0 saturated carbocycles. The van der Waals surface area contributed by atoms with Gasteiger partial charge in [0, 0.05) is 18.9 Å². The third-order valence-corrected chi connectivity index (χ3v) is 1.92. The second kappa shape index (κ2) is 5.96. The van der Waals surface area contributed by atoms with Crippen LogP contribution in [-0.4, -0.2) is 34.0 Å². The molecule has 0 spiro atoms. The average Bonchev–Trinajstić information content (AvgIpc) is 2.27. The maximum absolute atomic E-state index is 11.2. The summed E-state index contributed by atoms with van der Waals surface area (Å²) in [6.07, 6.45) is 2.99. The minimum Gasteiger partial charge on any atom is -0.388 e. The molecule has 0 bridgehead atoms. The van der Waals surface area contributed by atoms with Crippen molar-refractivity contribution in [1.82, 2.24) is 15.3 Å². The highest BCUT2D eigenvalue weighted by Gasteiger charge is 2.08. The molecule has 1 heterocycles. The minimum atomic E-state index is -0.123. The quantitative estimate of drug-likeness (QED) is 0.609.